The summed E-state index contributed by atoms with van der Waals surface area (Å²) in [6.07, 6.45) is 0. The molecule has 3 N–H and O–H groups in total. The van der Waals surface area contributed by atoms with Crippen LogP contribution in [-0.2, 0) is 9.53 Å². The van der Waals surface area contributed by atoms with Crippen LogP contribution < -0.4 is 10.6 Å². The number of amides is 1. The minimum Gasteiger partial charge on any atom is -0.477 e. The molecule has 0 saturated carbocycles. The van der Waals surface area contributed by atoms with Crippen LogP contribution >= 0.6 is 0 Å². The quantitative estimate of drug-likeness (QED) is 0.579. The van der Waals surface area contributed by atoms with Gasteiger partial charge in [-0.1, -0.05) is 0 Å². The van der Waals surface area contributed by atoms with E-state index in [0.717, 1.165) is 0 Å². The van der Waals surface area contributed by atoms with Crippen LogP contribution in [0.1, 0.15) is 16.2 Å². The summed E-state index contributed by atoms with van der Waals surface area (Å²) < 4.78 is 4.79. The number of carboxylic acids is 1. The maximum Gasteiger partial charge on any atom is 0.354 e. The Hall–Kier alpha value is -2.22. The van der Waals surface area contributed by atoms with Crippen LogP contribution in [0.3, 0.4) is 0 Å². The molecule has 1 rings (SSSR count). The normalized spacial score (nSPS) is 10.0. The molecule has 8 heteroatoms. The zero-order valence-corrected chi connectivity index (χ0v) is 10.8. The van der Waals surface area contributed by atoms with Gasteiger partial charge in [0.15, 0.2) is 5.69 Å². The molecule has 0 aliphatic carbocycles. The number of rotatable bonds is 7. The lowest BCUT2D eigenvalue weighted by molar-refractivity contribution is -0.119. The van der Waals surface area contributed by atoms with Crippen molar-refractivity contribution in [3.63, 3.8) is 0 Å². The van der Waals surface area contributed by atoms with Crippen molar-refractivity contribution in [1.82, 2.24) is 15.3 Å². The number of aromatic nitrogens is 2. The van der Waals surface area contributed by atoms with Crippen LogP contribution in [0.4, 0.5) is 5.95 Å². The molecule has 0 bridgehead atoms. The molecule has 0 aliphatic rings. The SMILES string of the molecule is COCCNC(=O)CNc1nc(C)cc(C(=O)O)n1. The third-order valence-electron chi connectivity index (χ3n) is 2.11. The van der Waals surface area contributed by atoms with Gasteiger partial charge in [0, 0.05) is 19.3 Å². The van der Waals surface area contributed by atoms with Crippen molar-refractivity contribution < 1.29 is 19.4 Å². The Bertz CT molecular complexity index is 464. The van der Waals surface area contributed by atoms with E-state index in [1.54, 1.807) is 14.0 Å². The molecule has 0 aromatic carbocycles. The van der Waals surface area contributed by atoms with Gasteiger partial charge in [-0.15, -0.1) is 0 Å². The zero-order chi connectivity index (χ0) is 14.3. The Morgan fingerprint density at radius 3 is 2.79 bits per heavy atom. The smallest absolute Gasteiger partial charge is 0.354 e. The molecule has 1 amide bonds. The Kier molecular flexibility index (Phi) is 5.68. The molecular formula is C11H16N4O4. The fourth-order valence-corrected chi connectivity index (χ4v) is 1.27. The second-order valence-electron chi connectivity index (χ2n) is 3.72. The van der Waals surface area contributed by atoms with E-state index in [1.807, 2.05) is 0 Å². The zero-order valence-electron chi connectivity index (χ0n) is 10.8. The van der Waals surface area contributed by atoms with Gasteiger partial charge in [-0.05, 0) is 13.0 Å². The lowest BCUT2D eigenvalue weighted by Gasteiger charge is -2.07. The number of carbonyl (C=O) groups is 2. The molecule has 8 nitrogen and oxygen atoms in total. The summed E-state index contributed by atoms with van der Waals surface area (Å²) in [6.45, 7) is 2.45. The van der Waals surface area contributed by atoms with Crippen LogP contribution in [-0.4, -0.2) is 53.8 Å². The minimum absolute atomic E-state index is 0.0355. The van der Waals surface area contributed by atoms with E-state index in [9.17, 15) is 9.59 Å². The van der Waals surface area contributed by atoms with Gasteiger partial charge in [-0.3, -0.25) is 4.79 Å². The summed E-state index contributed by atoms with van der Waals surface area (Å²) in [4.78, 5) is 30.0. The molecule has 1 heterocycles. The molecule has 19 heavy (non-hydrogen) atoms. The maximum atomic E-state index is 11.4. The number of nitrogens with zero attached hydrogens (tertiary/aromatic N) is 2. The number of aromatic carboxylic acids is 1. The number of aryl methyl sites for hydroxylation is 1. The predicted molar refractivity (Wildman–Crippen MR) is 67.1 cm³/mol. The van der Waals surface area contributed by atoms with Gasteiger partial charge in [0.05, 0.1) is 13.2 Å². The first-order valence-corrected chi connectivity index (χ1v) is 5.61. The van der Waals surface area contributed by atoms with Crippen molar-refractivity contribution in [2.45, 2.75) is 6.92 Å². The van der Waals surface area contributed by atoms with Crippen LogP contribution in [0.15, 0.2) is 6.07 Å². The molecule has 0 spiro atoms. The summed E-state index contributed by atoms with van der Waals surface area (Å²) in [5, 5.41) is 14.1. The highest BCUT2D eigenvalue weighted by molar-refractivity contribution is 5.86. The van der Waals surface area contributed by atoms with E-state index in [1.165, 1.54) is 6.07 Å². The average Bonchev–Trinajstić information content (AvgIpc) is 2.36. The fraction of sp³-hybridized carbons (Fsp3) is 0.455. The highest BCUT2D eigenvalue weighted by Crippen LogP contribution is 2.04. The minimum atomic E-state index is -1.14. The fourth-order valence-electron chi connectivity index (χ4n) is 1.27. The Labute approximate surface area is 110 Å². The monoisotopic (exact) mass is 268 g/mol. The lowest BCUT2D eigenvalue weighted by Crippen LogP contribution is -2.32. The topological polar surface area (TPSA) is 113 Å². The summed E-state index contributed by atoms with van der Waals surface area (Å²) >= 11 is 0. The van der Waals surface area contributed by atoms with Gasteiger partial charge in [0.1, 0.15) is 0 Å². The highest BCUT2D eigenvalue weighted by Gasteiger charge is 2.09. The van der Waals surface area contributed by atoms with Crippen molar-refractivity contribution in [3.8, 4) is 0 Å². The van der Waals surface area contributed by atoms with Crippen LogP contribution in [0.5, 0.6) is 0 Å². The second-order valence-corrected chi connectivity index (χ2v) is 3.72. The number of anilines is 1. The third kappa shape index (κ3) is 5.30. The summed E-state index contributed by atoms with van der Waals surface area (Å²) in [5.41, 5.74) is 0.393. The third-order valence-corrected chi connectivity index (χ3v) is 2.11. The van der Waals surface area contributed by atoms with Crippen molar-refractivity contribution in [1.29, 1.82) is 0 Å². The standard InChI is InChI=1S/C11H16N4O4/c1-7-5-8(10(17)18)15-11(14-7)13-6-9(16)12-3-4-19-2/h5H,3-4,6H2,1-2H3,(H,12,16)(H,17,18)(H,13,14,15). The molecule has 104 valence electrons. The highest BCUT2D eigenvalue weighted by atomic mass is 16.5. The van der Waals surface area contributed by atoms with Gasteiger partial charge >= 0.3 is 5.97 Å². The van der Waals surface area contributed by atoms with E-state index in [2.05, 4.69) is 20.6 Å². The molecule has 1 aromatic rings. The molecule has 0 fully saturated rings. The molecule has 0 atom stereocenters. The van der Waals surface area contributed by atoms with Gasteiger partial charge in [-0.25, -0.2) is 14.8 Å². The first kappa shape index (κ1) is 14.8. The number of hydrogen-bond acceptors (Lipinski definition) is 6. The van der Waals surface area contributed by atoms with Gasteiger partial charge < -0.3 is 20.5 Å². The Morgan fingerprint density at radius 2 is 2.16 bits per heavy atom. The maximum absolute atomic E-state index is 11.4. The van der Waals surface area contributed by atoms with Crippen LogP contribution in [0.2, 0.25) is 0 Å². The number of hydrogen-bond donors (Lipinski definition) is 3. The van der Waals surface area contributed by atoms with E-state index < -0.39 is 5.97 Å². The van der Waals surface area contributed by atoms with Crippen molar-refractivity contribution >= 4 is 17.8 Å². The van der Waals surface area contributed by atoms with Gasteiger partial charge in [0.25, 0.3) is 0 Å². The van der Waals surface area contributed by atoms with Crippen molar-refractivity contribution in [3.05, 3.63) is 17.5 Å². The predicted octanol–water partition coefficient (Wildman–Crippen LogP) is -0.342. The van der Waals surface area contributed by atoms with Gasteiger partial charge in [-0.2, -0.15) is 0 Å². The molecule has 0 unspecified atom stereocenters. The van der Waals surface area contributed by atoms with E-state index in [4.69, 9.17) is 9.84 Å². The summed E-state index contributed by atoms with van der Waals surface area (Å²) in [6, 6.07) is 1.35. The number of methoxy groups -OCH3 is 1. The first-order chi connectivity index (χ1) is 9.02. The number of carbonyl (C=O) groups excluding carboxylic acids is 1. The largest absolute Gasteiger partial charge is 0.477 e. The molecule has 0 saturated heterocycles. The van der Waals surface area contributed by atoms with E-state index >= 15 is 0 Å². The average molecular weight is 268 g/mol. The van der Waals surface area contributed by atoms with E-state index in [0.29, 0.717) is 18.8 Å². The second kappa shape index (κ2) is 7.27. The number of carboxylic acid groups (broad SMARTS) is 1. The number of ether oxygens (including phenoxy) is 1. The van der Waals surface area contributed by atoms with Crippen LogP contribution in [0.25, 0.3) is 0 Å². The van der Waals surface area contributed by atoms with Gasteiger partial charge in [0.2, 0.25) is 11.9 Å². The number of nitrogens with one attached hydrogen (secondary N) is 2. The van der Waals surface area contributed by atoms with E-state index in [-0.39, 0.29) is 24.1 Å². The molecular weight excluding hydrogens is 252 g/mol. The Morgan fingerprint density at radius 1 is 1.42 bits per heavy atom. The summed E-state index contributed by atoms with van der Waals surface area (Å²) in [7, 11) is 1.54. The lowest BCUT2D eigenvalue weighted by atomic mass is 10.3. The molecule has 0 aliphatic heterocycles. The molecule has 1 aromatic heterocycles. The first-order valence-electron chi connectivity index (χ1n) is 5.61. The summed E-state index contributed by atoms with van der Waals surface area (Å²) in [5.74, 6) is -1.28. The van der Waals surface area contributed by atoms with Crippen LogP contribution in [0, 0.1) is 6.92 Å². The Balaban J connectivity index is 2.53. The van der Waals surface area contributed by atoms with Crippen molar-refractivity contribution in [2.75, 3.05) is 32.1 Å². The molecule has 0 radical (unpaired) electrons. The van der Waals surface area contributed by atoms with Crippen molar-refractivity contribution in [2.24, 2.45) is 0 Å².